The summed E-state index contributed by atoms with van der Waals surface area (Å²) in [6.07, 6.45) is 0. The summed E-state index contributed by atoms with van der Waals surface area (Å²) in [7, 11) is 2.03. The van der Waals surface area contributed by atoms with Gasteiger partial charge in [0.15, 0.2) is 0 Å². The molecule has 0 aliphatic carbocycles. The highest BCUT2D eigenvalue weighted by Gasteiger charge is 2.16. The maximum absolute atomic E-state index is 5.94. The fourth-order valence-corrected chi connectivity index (χ4v) is 3.67. The Bertz CT molecular complexity index is 787. The van der Waals surface area contributed by atoms with E-state index >= 15 is 0 Å². The zero-order valence-corrected chi connectivity index (χ0v) is 15.8. The van der Waals surface area contributed by atoms with Crippen LogP contribution in [0.3, 0.4) is 0 Å². The van der Waals surface area contributed by atoms with E-state index in [1.807, 2.05) is 42.8 Å². The topological polar surface area (TPSA) is 42.2 Å². The first kappa shape index (κ1) is 16.6. The van der Waals surface area contributed by atoms with Gasteiger partial charge < -0.3 is 4.52 Å². The van der Waals surface area contributed by atoms with Crippen molar-refractivity contribution in [2.45, 2.75) is 19.5 Å². The molecule has 0 spiro atoms. The third-order valence-corrected chi connectivity index (χ3v) is 5.59. The largest absolute Gasteiger partial charge is 0.338 e. The minimum atomic E-state index is 0.221. The third kappa shape index (κ3) is 4.01. The molecule has 0 N–H and O–H groups in total. The highest BCUT2D eigenvalue weighted by atomic mass is 79.9. The molecule has 23 heavy (non-hydrogen) atoms. The van der Waals surface area contributed by atoms with E-state index in [0.29, 0.717) is 18.3 Å². The summed E-state index contributed by atoms with van der Waals surface area (Å²) in [6.45, 7) is 2.72. The van der Waals surface area contributed by atoms with E-state index in [9.17, 15) is 0 Å². The molecule has 4 nitrogen and oxygen atoms in total. The molecule has 0 saturated heterocycles. The second kappa shape index (κ2) is 7.13. The third-order valence-electron chi connectivity index (χ3n) is 3.65. The van der Waals surface area contributed by atoms with Gasteiger partial charge in [-0.05, 0) is 53.7 Å². The summed E-state index contributed by atoms with van der Waals surface area (Å²) in [6, 6.07) is 10.1. The van der Waals surface area contributed by atoms with Crippen molar-refractivity contribution in [3.05, 3.63) is 56.7 Å². The maximum Gasteiger partial charge on any atom is 0.241 e. The zero-order valence-electron chi connectivity index (χ0n) is 12.7. The smallest absolute Gasteiger partial charge is 0.241 e. The van der Waals surface area contributed by atoms with Gasteiger partial charge in [0.05, 0.1) is 11.4 Å². The van der Waals surface area contributed by atoms with Gasteiger partial charge in [0, 0.05) is 20.9 Å². The lowest BCUT2D eigenvalue weighted by atomic mass is 10.1. The van der Waals surface area contributed by atoms with Crippen LogP contribution in [0.25, 0.3) is 10.7 Å². The minimum Gasteiger partial charge on any atom is -0.338 e. The van der Waals surface area contributed by atoms with Crippen LogP contribution >= 0.6 is 38.9 Å². The first-order chi connectivity index (χ1) is 11.0. The Morgan fingerprint density at radius 1 is 1.35 bits per heavy atom. The van der Waals surface area contributed by atoms with Crippen molar-refractivity contribution >= 4 is 38.9 Å². The first-order valence-electron chi connectivity index (χ1n) is 7.05. The quantitative estimate of drug-likeness (QED) is 0.562. The summed E-state index contributed by atoms with van der Waals surface area (Å²) in [5, 5.41) is 6.80. The van der Waals surface area contributed by atoms with Gasteiger partial charge in [0.25, 0.3) is 0 Å². The number of halogens is 2. The molecule has 0 aliphatic rings. The Kier molecular flexibility index (Phi) is 5.16. The summed E-state index contributed by atoms with van der Waals surface area (Å²) in [5.41, 5.74) is 1.19. The number of hydrogen-bond acceptors (Lipinski definition) is 5. The molecule has 3 aromatic rings. The maximum atomic E-state index is 5.94. The van der Waals surface area contributed by atoms with Gasteiger partial charge in [0.2, 0.25) is 11.7 Å². The van der Waals surface area contributed by atoms with Gasteiger partial charge in [-0.25, -0.2) is 0 Å². The number of thiophene rings is 1. The predicted molar refractivity (Wildman–Crippen MR) is 96.6 cm³/mol. The van der Waals surface area contributed by atoms with Crippen molar-refractivity contribution in [2.75, 3.05) is 7.05 Å². The lowest BCUT2D eigenvalue weighted by Gasteiger charge is -2.23. The number of aromatic nitrogens is 2. The van der Waals surface area contributed by atoms with Crippen molar-refractivity contribution < 1.29 is 4.52 Å². The molecule has 120 valence electrons. The van der Waals surface area contributed by atoms with E-state index in [1.165, 1.54) is 5.56 Å². The number of nitrogens with zero attached hydrogens (tertiary/aromatic N) is 3. The van der Waals surface area contributed by atoms with E-state index in [2.05, 4.69) is 37.9 Å². The Hall–Kier alpha value is -1.21. The molecule has 0 saturated carbocycles. The predicted octanol–water partition coefficient (Wildman–Crippen LogP) is 5.41. The van der Waals surface area contributed by atoms with Crippen molar-refractivity contribution in [1.82, 2.24) is 15.0 Å². The molecule has 0 radical (unpaired) electrons. The SMILES string of the molecule is CC(c1ccc(Cl)cc1)N(C)Cc1nc(-c2cc(Br)cs2)no1. The van der Waals surface area contributed by atoms with Gasteiger partial charge in [-0.15, -0.1) is 11.3 Å². The molecule has 3 rings (SSSR count). The molecule has 2 heterocycles. The summed E-state index contributed by atoms with van der Waals surface area (Å²) >= 11 is 11.0. The van der Waals surface area contributed by atoms with E-state index in [1.54, 1.807) is 11.3 Å². The average Bonchev–Trinajstić information content (AvgIpc) is 3.16. The molecule has 2 aromatic heterocycles. The molecule has 0 aliphatic heterocycles. The molecular weight excluding hydrogens is 398 g/mol. The van der Waals surface area contributed by atoms with Crippen molar-refractivity contribution in [3.63, 3.8) is 0 Å². The molecule has 1 atom stereocenters. The van der Waals surface area contributed by atoms with Gasteiger partial charge in [-0.1, -0.05) is 28.9 Å². The van der Waals surface area contributed by atoms with E-state index in [0.717, 1.165) is 14.4 Å². The monoisotopic (exact) mass is 411 g/mol. The standard InChI is InChI=1S/C16H15BrClN3OS/c1-10(11-3-5-13(18)6-4-11)21(2)8-15-19-16(20-22-15)14-7-12(17)9-23-14/h3-7,9-10H,8H2,1-2H3. The highest BCUT2D eigenvalue weighted by Crippen LogP contribution is 2.28. The molecular formula is C16H15BrClN3OS. The Morgan fingerprint density at radius 2 is 2.09 bits per heavy atom. The van der Waals surface area contributed by atoms with Gasteiger partial charge >= 0.3 is 0 Å². The van der Waals surface area contributed by atoms with Gasteiger partial charge in [-0.3, -0.25) is 4.90 Å². The van der Waals surface area contributed by atoms with Crippen molar-refractivity contribution in [3.8, 4) is 10.7 Å². The second-order valence-corrected chi connectivity index (χ2v) is 7.55. The van der Waals surface area contributed by atoms with Crippen LogP contribution in [0.5, 0.6) is 0 Å². The highest BCUT2D eigenvalue weighted by molar-refractivity contribution is 9.10. The van der Waals surface area contributed by atoms with Crippen LogP contribution in [0.15, 0.2) is 44.7 Å². The molecule has 7 heteroatoms. The van der Waals surface area contributed by atoms with Gasteiger partial charge in [-0.2, -0.15) is 4.98 Å². The summed E-state index contributed by atoms with van der Waals surface area (Å²) in [5.74, 6) is 1.23. The second-order valence-electron chi connectivity index (χ2n) is 5.28. The van der Waals surface area contributed by atoms with Crippen LogP contribution < -0.4 is 0 Å². The normalized spacial score (nSPS) is 12.7. The first-order valence-corrected chi connectivity index (χ1v) is 9.10. The number of rotatable bonds is 5. The van der Waals surface area contributed by atoms with Crippen LogP contribution in [0, 0.1) is 0 Å². The number of benzene rings is 1. The van der Waals surface area contributed by atoms with Crippen LogP contribution in [0.2, 0.25) is 5.02 Å². The fourth-order valence-electron chi connectivity index (χ4n) is 2.20. The fraction of sp³-hybridized carbons (Fsp3) is 0.250. The van der Waals surface area contributed by atoms with Crippen molar-refractivity contribution in [1.29, 1.82) is 0 Å². The minimum absolute atomic E-state index is 0.221. The van der Waals surface area contributed by atoms with E-state index in [-0.39, 0.29) is 6.04 Å². The summed E-state index contributed by atoms with van der Waals surface area (Å²) < 4.78 is 6.40. The molecule has 0 fully saturated rings. The number of hydrogen-bond donors (Lipinski definition) is 0. The lowest BCUT2D eigenvalue weighted by Crippen LogP contribution is -2.22. The molecule has 1 aromatic carbocycles. The van der Waals surface area contributed by atoms with Crippen LogP contribution in [0.1, 0.15) is 24.4 Å². The van der Waals surface area contributed by atoms with E-state index < -0.39 is 0 Å². The lowest BCUT2D eigenvalue weighted by molar-refractivity contribution is 0.216. The Balaban J connectivity index is 1.69. The Morgan fingerprint density at radius 3 is 2.74 bits per heavy atom. The average molecular weight is 413 g/mol. The Labute approximate surface area is 152 Å². The molecule has 0 amide bonds. The van der Waals surface area contributed by atoms with Gasteiger partial charge in [0.1, 0.15) is 0 Å². The molecule has 0 bridgehead atoms. The van der Waals surface area contributed by atoms with Crippen LogP contribution in [-0.2, 0) is 6.54 Å². The molecule has 1 unspecified atom stereocenters. The van der Waals surface area contributed by atoms with Crippen molar-refractivity contribution in [2.24, 2.45) is 0 Å². The van der Waals surface area contributed by atoms with Crippen LogP contribution in [0.4, 0.5) is 0 Å². The summed E-state index contributed by atoms with van der Waals surface area (Å²) in [4.78, 5) is 7.62. The van der Waals surface area contributed by atoms with Crippen LogP contribution in [-0.4, -0.2) is 22.1 Å². The van der Waals surface area contributed by atoms with E-state index in [4.69, 9.17) is 16.1 Å². The zero-order chi connectivity index (χ0) is 16.4.